The monoisotopic (exact) mass is 287 g/mol. The average Bonchev–Trinajstić information content (AvgIpc) is 2.55. The summed E-state index contributed by atoms with van der Waals surface area (Å²) in [6, 6.07) is 0. The first-order valence-corrected chi connectivity index (χ1v) is 8.50. The molecule has 0 aromatic carbocycles. The molecule has 102 valence electrons. The van der Waals surface area contributed by atoms with Gasteiger partial charge in [-0.15, -0.1) is 0 Å². The van der Waals surface area contributed by atoms with Gasteiger partial charge < -0.3 is 10.1 Å². The molecule has 0 radical (unpaired) electrons. The van der Waals surface area contributed by atoms with Crippen molar-refractivity contribution in [1.82, 2.24) is 5.32 Å². The quantitative estimate of drug-likeness (QED) is 0.755. The molecule has 1 aliphatic heterocycles. The van der Waals surface area contributed by atoms with E-state index in [-0.39, 0.29) is 0 Å². The Hall–Kier alpha value is -0.120. The van der Waals surface area contributed by atoms with Gasteiger partial charge in [-0.1, -0.05) is 17.7 Å². The molecule has 2 bridgehead atoms. The third-order valence-corrected chi connectivity index (χ3v) is 4.42. The Kier molecular flexibility index (Phi) is 5.93. The molecular formula is C14H22ClNOS. The molecule has 0 spiro atoms. The van der Waals surface area contributed by atoms with Gasteiger partial charge in [0, 0.05) is 6.54 Å². The second kappa shape index (κ2) is 7.46. The van der Waals surface area contributed by atoms with E-state index in [0.29, 0.717) is 5.92 Å². The van der Waals surface area contributed by atoms with E-state index >= 15 is 0 Å². The fourth-order valence-electron chi connectivity index (χ4n) is 2.49. The van der Waals surface area contributed by atoms with E-state index < -0.39 is 0 Å². The highest BCUT2D eigenvalue weighted by molar-refractivity contribution is 7.98. The minimum atomic E-state index is 0.554. The number of fused-ring (bicyclic) bond motifs is 2. The first kappa shape index (κ1) is 14.3. The number of thioether (sulfide) groups is 1. The van der Waals surface area contributed by atoms with Gasteiger partial charge in [0.25, 0.3) is 0 Å². The van der Waals surface area contributed by atoms with E-state index in [9.17, 15) is 0 Å². The number of rotatable bonds is 6. The van der Waals surface area contributed by atoms with Crippen LogP contribution in [0.15, 0.2) is 22.4 Å². The Morgan fingerprint density at radius 1 is 1.50 bits per heavy atom. The Morgan fingerprint density at radius 3 is 3.22 bits per heavy atom. The van der Waals surface area contributed by atoms with E-state index in [0.717, 1.165) is 49.8 Å². The van der Waals surface area contributed by atoms with Gasteiger partial charge in [-0.05, 0) is 55.7 Å². The number of halogens is 1. The van der Waals surface area contributed by atoms with Crippen LogP contribution in [0.4, 0.5) is 0 Å². The fourth-order valence-corrected chi connectivity index (χ4v) is 3.35. The molecule has 1 N–H and O–H groups in total. The molecule has 18 heavy (non-hydrogen) atoms. The van der Waals surface area contributed by atoms with Crippen LogP contribution in [0.1, 0.15) is 25.7 Å². The summed E-state index contributed by atoms with van der Waals surface area (Å²) in [4.78, 5) is 0. The summed E-state index contributed by atoms with van der Waals surface area (Å²) in [5, 5.41) is 4.28. The number of hydrogen-bond donors (Lipinski definition) is 1. The van der Waals surface area contributed by atoms with E-state index in [1.54, 1.807) is 0 Å². The number of hydrogen-bond acceptors (Lipinski definition) is 3. The maximum absolute atomic E-state index is 6.34. The molecule has 4 heteroatoms. The predicted molar refractivity (Wildman–Crippen MR) is 80.1 cm³/mol. The smallest absolute Gasteiger partial charge is 0.136 e. The lowest BCUT2D eigenvalue weighted by atomic mass is 9.93. The molecule has 0 aromatic heterocycles. The second-order valence-corrected chi connectivity index (χ2v) is 6.31. The lowest BCUT2D eigenvalue weighted by molar-refractivity contribution is 0.211. The highest BCUT2D eigenvalue weighted by Crippen LogP contribution is 2.34. The summed E-state index contributed by atoms with van der Waals surface area (Å²) < 4.78 is 5.93. The lowest BCUT2D eigenvalue weighted by Gasteiger charge is -2.22. The van der Waals surface area contributed by atoms with Crippen molar-refractivity contribution in [3.63, 3.8) is 0 Å². The van der Waals surface area contributed by atoms with Crippen molar-refractivity contribution in [2.24, 2.45) is 5.92 Å². The average molecular weight is 288 g/mol. The summed E-state index contributed by atoms with van der Waals surface area (Å²) in [6.07, 6.45) is 8.81. The number of allylic oxidation sites excluding steroid dienone is 1. The first-order chi connectivity index (χ1) is 8.81. The summed E-state index contributed by atoms with van der Waals surface area (Å²) in [5.41, 5.74) is 1.40. The number of unbranched alkanes of at least 4 members (excludes halogenated alkanes) is 1. The van der Waals surface area contributed by atoms with Crippen LogP contribution in [-0.4, -0.2) is 31.7 Å². The summed E-state index contributed by atoms with van der Waals surface area (Å²) in [7, 11) is 0. The van der Waals surface area contributed by atoms with Crippen molar-refractivity contribution in [1.29, 1.82) is 0 Å². The van der Waals surface area contributed by atoms with Crippen LogP contribution in [0.3, 0.4) is 0 Å². The highest BCUT2D eigenvalue weighted by Gasteiger charge is 2.24. The van der Waals surface area contributed by atoms with E-state index in [1.165, 1.54) is 17.7 Å². The largest absolute Gasteiger partial charge is 0.492 e. The maximum Gasteiger partial charge on any atom is 0.136 e. The predicted octanol–water partition coefficient (Wildman–Crippen LogP) is 3.54. The van der Waals surface area contributed by atoms with Crippen LogP contribution in [0.25, 0.3) is 0 Å². The van der Waals surface area contributed by atoms with E-state index in [1.807, 2.05) is 11.8 Å². The zero-order valence-electron chi connectivity index (χ0n) is 11.0. The molecule has 1 fully saturated rings. The van der Waals surface area contributed by atoms with Gasteiger partial charge in [-0.2, -0.15) is 11.8 Å². The Labute approximate surface area is 119 Å². The highest BCUT2D eigenvalue weighted by atomic mass is 35.5. The molecule has 2 nitrogen and oxygen atoms in total. The van der Waals surface area contributed by atoms with Crippen LogP contribution in [0, 0.1) is 5.92 Å². The zero-order valence-corrected chi connectivity index (χ0v) is 12.6. The van der Waals surface area contributed by atoms with E-state index in [2.05, 4.69) is 17.6 Å². The number of nitrogens with one attached hydrogen (secondary N) is 1. The Balaban J connectivity index is 1.89. The lowest BCUT2D eigenvalue weighted by Crippen LogP contribution is -2.19. The van der Waals surface area contributed by atoms with Gasteiger partial charge in [-0.25, -0.2) is 0 Å². The Morgan fingerprint density at radius 2 is 2.39 bits per heavy atom. The third kappa shape index (κ3) is 3.94. The molecule has 0 aromatic rings. The maximum atomic E-state index is 6.34. The minimum Gasteiger partial charge on any atom is -0.492 e. The zero-order chi connectivity index (χ0) is 12.8. The van der Waals surface area contributed by atoms with Crippen molar-refractivity contribution in [3.8, 4) is 0 Å². The van der Waals surface area contributed by atoms with Crippen LogP contribution < -0.4 is 5.32 Å². The van der Waals surface area contributed by atoms with Gasteiger partial charge in [0.05, 0.1) is 11.6 Å². The van der Waals surface area contributed by atoms with Gasteiger partial charge in [0.2, 0.25) is 0 Å². The van der Waals surface area contributed by atoms with Gasteiger partial charge in [0.15, 0.2) is 0 Å². The molecule has 1 heterocycles. The van der Waals surface area contributed by atoms with Crippen molar-refractivity contribution < 1.29 is 4.74 Å². The van der Waals surface area contributed by atoms with Crippen LogP contribution >= 0.6 is 23.4 Å². The van der Waals surface area contributed by atoms with E-state index in [4.69, 9.17) is 16.3 Å². The molecule has 0 saturated carbocycles. The van der Waals surface area contributed by atoms with Gasteiger partial charge in [-0.3, -0.25) is 0 Å². The van der Waals surface area contributed by atoms with Crippen LogP contribution in [0.2, 0.25) is 0 Å². The molecule has 2 aliphatic rings. The molecule has 1 unspecified atom stereocenters. The number of ether oxygens (including phenoxy) is 1. The van der Waals surface area contributed by atoms with Crippen molar-refractivity contribution in [3.05, 3.63) is 22.4 Å². The SMILES string of the molecule is CSCCCCOC1=C2CCNCC(C=C1Cl)C2. The van der Waals surface area contributed by atoms with Crippen molar-refractivity contribution in [2.75, 3.05) is 31.7 Å². The molecule has 1 saturated heterocycles. The van der Waals surface area contributed by atoms with Crippen LogP contribution in [0.5, 0.6) is 0 Å². The fraction of sp³-hybridized carbons (Fsp3) is 0.714. The standard InChI is InChI=1S/C14H22ClNOS/c1-18-7-3-2-6-17-14-12-4-5-16-10-11(8-12)9-13(14)15/h9,11,16H,2-8,10H2,1H3. The summed E-state index contributed by atoms with van der Waals surface area (Å²) >= 11 is 8.24. The summed E-state index contributed by atoms with van der Waals surface area (Å²) in [6.45, 7) is 2.88. The topological polar surface area (TPSA) is 21.3 Å². The molecule has 1 atom stereocenters. The van der Waals surface area contributed by atoms with Gasteiger partial charge in [0.1, 0.15) is 5.76 Å². The Bertz CT molecular complexity index is 341. The van der Waals surface area contributed by atoms with Crippen molar-refractivity contribution >= 4 is 23.4 Å². The van der Waals surface area contributed by atoms with Crippen LogP contribution in [-0.2, 0) is 4.74 Å². The first-order valence-electron chi connectivity index (χ1n) is 6.73. The molecule has 1 aliphatic carbocycles. The summed E-state index contributed by atoms with van der Waals surface area (Å²) in [5.74, 6) is 2.74. The van der Waals surface area contributed by atoms with Gasteiger partial charge >= 0.3 is 0 Å². The third-order valence-electron chi connectivity index (χ3n) is 3.43. The minimum absolute atomic E-state index is 0.554. The molecule has 0 amide bonds. The molecular weight excluding hydrogens is 266 g/mol. The second-order valence-electron chi connectivity index (χ2n) is 4.91. The molecule has 2 rings (SSSR count). The normalized spacial score (nSPS) is 23.7. The van der Waals surface area contributed by atoms with Crippen molar-refractivity contribution in [2.45, 2.75) is 25.7 Å².